The molecule has 5 heteroatoms. The lowest BCUT2D eigenvalue weighted by Gasteiger charge is -2.18. The van der Waals surface area contributed by atoms with E-state index in [0.717, 1.165) is 12.3 Å². The number of hydrogen-bond acceptors (Lipinski definition) is 3. The lowest BCUT2D eigenvalue weighted by atomic mass is 10.1. The average molecular weight is 191 g/mol. The molecule has 1 rings (SSSR count). The van der Waals surface area contributed by atoms with Crippen LogP contribution in [0, 0.1) is 0 Å². The second kappa shape index (κ2) is 2.99. The van der Waals surface area contributed by atoms with Gasteiger partial charge in [0.05, 0.1) is 0 Å². The van der Waals surface area contributed by atoms with Crippen LogP contribution in [0.1, 0.15) is 0 Å². The zero-order chi connectivity index (χ0) is 9.35. The van der Waals surface area contributed by atoms with Gasteiger partial charge < -0.3 is 5.73 Å². The Morgan fingerprint density at radius 2 is 2.17 bits per heavy atom. The Hall–Kier alpha value is -0.680. The van der Waals surface area contributed by atoms with Gasteiger partial charge in [-0.15, -0.1) is 0 Å². The van der Waals surface area contributed by atoms with Crippen LogP contribution in [0.4, 0.5) is 4.39 Å². The summed E-state index contributed by atoms with van der Waals surface area (Å²) in [5.74, 6) is -0.549. The van der Waals surface area contributed by atoms with Crippen molar-refractivity contribution < 1.29 is 12.8 Å². The third-order valence-corrected chi connectivity index (χ3v) is 3.11. The summed E-state index contributed by atoms with van der Waals surface area (Å²) >= 11 is 0. The molecular weight excluding hydrogens is 181 g/mol. The third-order valence-electron chi connectivity index (χ3n) is 1.67. The first-order chi connectivity index (χ1) is 5.41. The summed E-state index contributed by atoms with van der Waals surface area (Å²) in [6.07, 6.45) is 4.59. The van der Waals surface area contributed by atoms with Gasteiger partial charge in [0.1, 0.15) is 11.1 Å². The highest BCUT2D eigenvalue weighted by atomic mass is 32.2. The largest absolute Gasteiger partial charge is 0.323 e. The maximum Gasteiger partial charge on any atom is 0.155 e. The summed E-state index contributed by atoms with van der Waals surface area (Å²) in [6.45, 7) is 0. The second-order valence-corrected chi connectivity index (χ2v) is 4.99. The molecule has 0 saturated carbocycles. The standard InChI is InChI=1S/C7H10FNO2S/c1-12(10,11)7-4-5(8)2-3-6(7)9/h2-4,6-7H,9H2,1H3. The third kappa shape index (κ3) is 1.92. The van der Waals surface area contributed by atoms with Gasteiger partial charge in [0.2, 0.25) is 0 Å². The van der Waals surface area contributed by atoms with Crippen molar-refractivity contribution in [3.05, 3.63) is 24.1 Å². The van der Waals surface area contributed by atoms with E-state index < -0.39 is 27.0 Å². The summed E-state index contributed by atoms with van der Waals surface area (Å²) in [7, 11) is -3.30. The highest BCUT2D eigenvalue weighted by molar-refractivity contribution is 7.91. The van der Waals surface area contributed by atoms with E-state index >= 15 is 0 Å². The van der Waals surface area contributed by atoms with Crippen LogP contribution in [-0.4, -0.2) is 26.0 Å². The first-order valence-electron chi connectivity index (χ1n) is 3.41. The van der Waals surface area contributed by atoms with E-state index in [2.05, 4.69) is 0 Å². The minimum atomic E-state index is -3.30. The van der Waals surface area contributed by atoms with Gasteiger partial charge in [-0.05, 0) is 12.2 Å². The Kier molecular flexibility index (Phi) is 2.34. The molecule has 0 heterocycles. The lowest BCUT2D eigenvalue weighted by molar-refractivity contribution is 0.580. The first kappa shape index (κ1) is 9.41. The smallest absolute Gasteiger partial charge is 0.155 e. The van der Waals surface area contributed by atoms with Gasteiger partial charge in [-0.2, -0.15) is 0 Å². The highest BCUT2D eigenvalue weighted by Crippen LogP contribution is 2.16. The zero-order valence-corrected chi connectivity index (χ0v) is 7.38. The van der Waals surface area contributed by atoms with Gasteiger partial charge in [-0.3, -0.25) is 0 Å². The highest BCUT2D eigenvalue weighted by Gasteiger charge is 2.26. The van der Waals surface area contributed by atoms with Crippen molar-refractivity contribution >= 4 is 9.84 Å². The van der Waals surface area contributed by atoms with Crippen molar-refractivity contribution in [1.82, 2.24) is 0 Å². The molecule has 0 radical (unpaired) electrons. The van der Waals surface area contributed by atoms with Gasteiger partial charge in [-0.1, -0.05) is 6.08 Å². The molecule has 2 unspecified atom stereocenters. The van der Waals surface area contributed by atoms with Crippen molar-refractivity contribution in [1.29, 1.82) is 0 Å². The molecule has 2 atom stereocenters. The average Bonchev–Trinajstić information content (AvgIpc) is 1.92. The molecule has 2 N–H and O–H groups in total. The molecule has 0 fully saturated rings. The number of nitrogens with two attached hydrogens (primary N) is 1. The Labute approximate surface area is 70.7 Å². The molecule has 3 nitrogen and oxygen atoms in total. The van der Waals surface area contributed by atoms with Crippen LogP contribution in [0.5, 0.6) is 0 Å². The maximum absolute atomic E-state index is 12.6. The predicted molar refractivity (Wildman–Crippen MR) is 44.9 cm³/mol. The van der Waals surface area contributed by atoms with E-state index in [1.807, 2.05) is 0 Å². The van der Waals surface area contributed by atoms with Gasteiger partial charge in [0, 0.05) is 12.3 Å². The summed E-state index contributed by atoms with van der Waals surface area (Å²) in [5.41, 5.74) is 5.45. The van der Waals surface area contributed by atoms with Crippen molar-refractivity contribution in [3.8, 4) is 0 Å². The monoisotopic (exact) mass is 191 g/mol. The van der Waals surface area contributed by atoms with Crippen LogP contribution in [0.25, 0.3) is 0 Å². The van der Waals surface area contributed by atoms with E-state index in [0.29, 0.717) is 0 Å². The van der Waals surface area contributed by atoms with Gasteiger partial charge in [0.25, 0.3) is 0 Å². The number of hydrogen-bond donors (Lipinski definition) is 1. The normalized spacial score (nSPS) is 30.1. The molecule has 1 aliphatic rings. The van der Waals surface area contributed by atoms with Crippen LogP contribution in [0.15, 0.2) is 24.1 Å². The Bertz CT molecular complexity index is 331. The van der Waals surface area contributed by atoms with Gasteiger partial charge in [0.15, 0.2) is 9.84 Å². The quantitative estimate of drug-likeness (QED) is 0.641. The van der Waals surface area contributed by atoms with Crippen LogP contribution in [0.3, 0.4) is 0 Å². The van der Waals surface area contributed by atoms with E-state index in [4.69, 9.17) is 5.73 Å². The van der Waals surface area contributed by atoms with Crippen molar-refractivity contribution in [2.45, 2.75) is 11.3 Å². The Morgan fingerprint density at radius 3 is 2.58 bits per heavy atom. The van der Waals surface area contributed by atoms with Crippen LogP contribution in [-0.2, 0) is 9.84 Å². The van der Waals surface area contributed by atoms with E-state index in [1.54, 1.807) is 0 Å². The molecule has 0 spiro atoms. The van der Waals surface area contributed by atoms with Crippen LogP contribution < -0.4 is 5.73 Å². The predicted octanol–water partition coefficient (Wildman–Crippen LogP) is 0.150. The fourth-order valence-corrected chi connectivity index (χ4v) is 2.08. The van der Waals surface area contributed by atoms with Crippen molar-refractivity contribution in [3.63, 3.8) is 0 Å². The molecule has 0 aliphatic heterocycles. The fraction of sp³-hybridized carbons (Fsp3) is 0.429. The van der Waals surface area contributed by atoms with Gasteiger partial charge in [-0.25, -0.2) is 12.8 Å². The zero-order valence-electron chi connectivity index (χ0n) is 6.57. The summed E-state index contributed by atoms with van der Waals surface area (Å²) in [6, 6.07) is -0.639. The van der Waals surface area contributed by atoms with Gasteiger partial charge >= 0.3 is 0 Å². The molecule has 0 aromatic carbocycles. The SMILES string of the molecule is CS(=O)(=O)C1C=C(F)C=CC1N. The molecule has 0 aromatic heterocycles. The van der Waals surface area contributed by atoms with E-state index in [1.165, 1.54) is 12.2 Å². The number of allylic oxidation sites excluding steroid dienone is 2. The summed E-state index contributed by atoms with van der Waals surface area (Å²) < 4.78 is 34.6. The number of halogens is 1. The molecule has 12 heavy (non-hydrogen) atoms. The molecule has 1 aliphatic carbocycles. The topological polar surface area (TPSA) is 60.2 Å². The first-order valence-corrected chi connectivity index (χ1v) is 5.36. The number of sulfone groups is 1. The van der Waals surface area contributed by atoms with Crippen molar-refractivity contribution in [2.75, 3.05) is 6.26 Å². The van der Waals surface area contributed by atoms with E-state index in [9.17, 15) is 12.8 Å². The lowest BCUT2D eigenvalue weighted by Crippen LogP contribution is -2.38. The second-order valence-electron chi connectivity index (χ2n) is 2.78. The molecule has 0 amide bonds. The van der Waals surface area contributed by atoms with Crippen LogP contribution in [0.2, 0.25) is 0 Å². The van der Waals surface area contributed by atoms with E-state index in [-0.39, 0.29) is 0 Å². The number of rotatable bonds is 1. The Morgan fingerprint density at radius 1 is 1.58 bits per heavy atom. The minimum absolute atomic E-state index is 0.549. The molecule has 68 valence electrons. The Balaban J connectivity index is 3.01. The maximum atomic E-state index is 12.6. The molecular formula is C7H10FNO2S. The minimum Gasteiger partial charge on any atom is -0.323 e. The molecule has 0 aromatic rings. The summed E-state index contributed by atoms with van der Waals surface area (Å²) in [5, 5.41) is -0.928. The molecule has 0 bridgehead atoms. The fourth-order valence-electron chi connectivity index (χ4n) is 1.05. The van der Waals surface area contributed by atoms with Crippen molar-refractivity contribution in [2.24, 2.45) is 5.73 Å². The van der Waals surface area contributed by atoms with Crippen LogP contribution >= 0.6 is 0 Å². The summed E-state index contributed by atoms with van der Waals surface area (Å²) in [4.78, 5) is 0. The molecule has 0 saturated heterocycles.